The summed E-state index contributed by atoms with van der Waals surface area (Å²) in [4.78, 5) is 0. The van der Waals surface area contributed by atoms with Gasteiger partial charge in [0.25, 0.3) is 0 Å². The van der Waals surface area contributed by atoms with Crippen molar-refractivity contribution in [2.75, 3.05) is 20.3 Å². The third kappa shape index (κ3) is 4.26. The Morgan fingerprint density at radius 3 is 1.71 bits per heavy atom. The first-order chi connectivity index (χ1) is 8.00. The van der Waals surface area contributed by atoms with Crippen molar-refractivity contribution in [1.29, 1.82) is 0 Å². The largest absolute Gasteiger partial charge is 0.382 e. The van der Waals surface area contributed by atoms with E-state index in [1.807, 2.05) is 0 Å². The highest BCUT2D eigenvalue weighted by Crippen LogP contribution is 2.44. The van der Waals surface area contributed by atoms with Crippen LogP contribution in [-0.4, -0.2) is 20.3 Å². The molecule has 1 aromatic carbocycles. The lowest BCUT2D eigenvalue weighted by Crippen LogP contribution is -2.03. The molecule has 2 nitrogen and oxygen atoms in total. The van der Waals surface area contributed by atoms with Gasteiger partial charge >= 0.3 is 0 Å². The van der Waals surface area contributed by atoms with Gasteiger partial charge in [-0.05, 0) is 79.6 Å². The minimum atomic E-state index is 0.509. The van der Waals surface area contributed by atoms with Gasteiger partial charge in [-0.15, -0.1) is 0 Å². The first-order valence-corrected chi connectivity index (χ1v) is 8.54. The summed E-state index contributed by atoms with van der Waals surface area (Å²) >= 11 is 17.6. The summed E-state index contributed by atoms with van der Waals surface area (Å²) in [7, 11) is 1.65. The maximum atomic E-state index is 5.53. The predicted molar refractivity (Wildman–Crippen MR) is 86.5 cm³/mol. The molecule has 96 valence electrons. The van der Waals surface area contributed by atoms with E-state index in [0.717, 1.165) is 27.9 Å². The van der Waals surface area contributed by atoms with E-state index >= 15 is 0 Å². The van der Waals surface area contributed by atoms with Crippen LogP contribution in [0.15, 0.2) is 22.4 Å². The van der Waals surface area contributed by atoms with Crippen LogP contribution < -0.4 is 0 Å². The standard InChI is InChI=1S/C10H9Br5O2/c1-16-2-3-17-4-5-6(11)8(13)10(15)9(14)7(5)12/h2-4H2,1H3. The summed E-state index contributed by atoms with van der Waals surface area (Å²) in [6.45, 7) is 1.67. The van der Waals surface area contributed by atoms with Gasteiger partial charge in [0.2, 0.25) is 0 Å². The van der Waals surface area contributed by atoms with Gasteiger partial charge < -0.3 is 9.47 Å². The molecule has 1 rings (SSSR count). The molecule has 17 heavy (non-hydrogen) atoms. The molecule has 7 heteroatoms. The maximum absolute atomic E-state index is 5.53. The van der Waals surface area contributed by atoms with E-state index in [0.29, 0.717) is 19.8 Å². The SMILES string of the molecule is COCCOCc1c(Br)c(Br)c(Br)c(Br)c1Br. The van der Waals surface area contributed by atoms with Crippen molar-refractivity contribution in [3.63, 3.8) is 0 Å². The van der Waals surface area contributed by atoms with Gasteiger partial charge in [-0.2, -0.15) is 0 Å². The Morgan fingerprint density at radius 1 is 0.765 bits per heavy atom. The minimum Gasteiger partial charge on any atom is -0.382 e. The van der Waals surface area contributed by atoms with E-state index in [1.54, 1.807) is 7.11 Å². The average Bonchev–Trinajstić information content (AvgIpc) is 2.33. The molecule has 0 aliphatic heterocycles. The van der Waals surface area contributed by atoms with Crippen molar-refractivity contribution in [3.8, 4) is 0 Å². The van der Waals surface area contributed by atoms with Crippen LogP contribution in [0, 0.1) is 0 Å². The molecule has 0 heterocycles. The third-order valence-corrected chi connectivity index (χ3v) is 8.24. The zero-order valence-corrected chi connectivity index (χ0v) is 16.8. The first-order valence-electron chi connectivity index (χ1n) is 4.57. The van der Waals surface area contributed by atoms with Crippen LogP contribution >= 0.6 is 79.6 Å². The fourth-order valence-electron chi connectivity index (χ4n) is 1.09. The molecule has 0 fully saturated rings. The number of rotatable bonds is 5. The molecular formula is C10H9Br5O2. The van der Waals surface area contributed by atoms with Gasteiger partial charge in [-0.25, -0.2) is 0 Å². The minimum absolute atomic E-state index is 0.509. The Hall–Kier alpha value is 1.54. The van der Waals surface area contributed by atoms with Crippen LogP contribution in [0.25, 0.3) is 0 Å². The monoisotopic (exact) mass is 556 g/mol. The lowest BCUT2D eigenvalue weighted by atomic mass is 10.2. The quantitative estimate of drug-likeness (QED) is 0.263. The zero-order chi connectivity index (χ0) is 13.0. The number of ether oxygens (including phenoxy) is 2. The van der Waals surface area contributed by atoms with Crippen LogP contribution in [0.1, 0.15) is 5.56 Å². The van der Waals surface area contributed by atoms with Crippen molar-refractivity contribution in [3.05, 3.63) is 27.9 Å². The fourth-order valence-corrected chi connectivity index (χ4v) is 4.45. The lowest BCUT2D eigenvalue weighted by Gasteiger charge is -2.13. The summed E-state index contributed by atoms with van der Waals surface area (Å²) in [6.07, 6.45) is 0. The molecule has 0 N–H and O–H groups in total. The van der Waals surface area contributed by atoms with E-state index in [-0.39, 0.29) is 0 Å². The number of methoxy groups -OCH3 is 1. The topological polar surface area (TPSA) is 18.5 Å². The van der Waals surface area contributed by atoms with Crippen LogP contribution in [-0.2, 0) is 16.1 Å². The van der Waals surface area contributed by atoms with Crippen molar-refractivity contribution < 1.29 is 9.47 Å². The second-order valence-electron chi connectivity index (χ2n) is 3.09. The van der Waals surface area contributed by atoms with Crippen molar-refractivity contribution >= 4 is 79.6 Å². The summed E-state index contributed by atoms with van der Waals surface area (Å²) < 4.78 is 15.3. The van der Waals surface area contributed by atoms with Crippen LogP contribution in [0.4, 0.5) is 0 Å². The molecule has 1 aromatic rings. The molecule has 0 atom stereocenters. The van der Waals surface area contributed by atoms with Crippen molar-refractivity contribution in [1.82, 2.24) is 0 Å². The summed E-state index contributed by atoms with van der Waals surface area (Å²) in [6, 6.07) is 0. The summed E-state index contributed by atoms with van der Waals surface area (Å²) in [5, 5.41) is 0. The number of hydrogen-bond donors (Lipinski definition) is 0. The van der Waals surface area contributed by atoms with Crippen molar-refractivity contribution in [2.24, 2.45) is 0 Å². The normalized spacial score (nSPS) is 10.9. The first kappa shape index (κ1) is 16.6. The lowest BCUT2D eigenvalue weighted by molar-refractivity contribution is 0.0611. The highest BCUT2D eigenvalue weighted by Gasteiger charge is 2.17. The zero-order valence-electron chi connectivity index (χ0n) is 8.83. The van der Waals surface area contributed by atoms with Gasteiger partial charge in [0.15, 0.2) is 0 Å². The molecule has 0 saturated carbocycles. The molecule has 0 spiro atoms. The van der Waals surface area contributed by atoms with E-state index in [4.69, 9.17) is 9.47 Å². The van der Waals surface area contributed by atoms with Crippen LogP contribution in [0.3, 0.4) is 0 Å². The highest BCUT2D eigenvalue weighted by molar-refractivity contribution is 9.15. The third-order valence-electron chi connectivity index (χ3n) is 1.98. The summed E-state index contributed by atoms with van der Waals surface area (Å²) in [5.41, 5.74) is 1.04. The fraction of sp³-hybridized carbons (Fsp3) is 0.400. The number of hydrogen-bond acceptors (Lipinski definition) is 2. The molecule has 0 aromatic heterocycles. The number of halogens is 5. The van der Waals surface area contributed by atoms with E-state index in [1.165, 1.54) is 0 Å². The Labute approximate surface area is 142 Å². The summed E-state index contributed by atoms with van der Waals surface area (Å²) in [5.74, 6) is 0. The second-order valence-corrected chi connectivity index (χ2v) is 7.06. The smallest absolute Gasteiger partial charge is 0.0740 e. The van der Waals surface area contributed by atoms with Gasteiger partial charge in [-0.1, -0.05) is 0 Å². The van der Waals surface area contributed by atoms with Crippen LogP contribution in [0.2, 0.25) is 0 Å². The van der Waals surface area contributed by atoms with E-state index in [2.05, 4.69) is 79.6 Å². The van der Waals surface area contributed by atoms with Gasteiger partial charge in [0.05, 0.1) is 19.8 Å². The molecule has 0 saturated heterocycles. The Bertz CT molecular complexity index is 379. The van der Waals surface area contributed by atoms with Gasteiger partial charge in [0, 0.05) is 35.0 Å². The Kier molecular flexibility index (Phi) is 7.78. The van der Waals surface area contributed by atoms with E-state index < -0.39 is 0 Å². The Balaban J connectivity index is 2.92. The molecule has 0 bridgehead atoms. The van der Waals surface area contributed by atoms with Gasteiger partial charge in [-0.3, -0.25) is 0 Å². The molecule has 0 aliphatic carbocycles. The molecule has 0 radical (unpaired) electrons. The van der Waals surface area contributed by atoms with Crippen LogP contribution in [0.5, 0.6) is 0 Å². The highest BCUT2D eigenvalue weighted by atomic mass is 79.9. The van der Waals surface area contributed by atoms with Crippen molar-refractivity contribution in [2.45, 2.75) is 6.61 Å². The number of benzene rings is 1. The molecular weight excluding hydrogens is 552 g/mol. The predicted octanol–water partition coefficient (Wildman–Crippen LogP) is 5.66. The molecule has 0 aliphatic rings. The maximum Gasteiger partial charge on any atom is 0.0740 e. The van der Waals surface area contributed by atoms with Gasteiger partial charge in [0.1, 0.15) is 0 Å². The molecule has 0 amide bonds. The average molecular weight is 561 g/mol. The second kappa shape index (κ2) is 7.97. The Morgan fingerprint density at radius 2 is 1.24 bits per heavy atom. The molecule has 0 unspecified atom stereocenters. The van der Waals surface area contributed by atoms with E-state index in [9.17, 15) is 0 Å².